The number of benzene rings is 2. The molecule has 0 radical (unpaired) electrons. The van der Waals surface area contributed by atoms with Gasteiger partial charge in [0, 0.05) is 29.8 Å². The number of carbonyl (C=O) groups is 1. The fourth-order valence-electron chi connectivity index (χ4n) is 3.32. The number of nitro groups is 1. The van der Waals surface area contributed by atoms with Crippen LogP contribution in [-0.4, -0.2) is 27.2 Å². The Balaban J connectivity index is 1.62. The van der Waals surface area contributed by atoms with Gasteiger partial charge in [0.2, 0.25) is 5.91 Å². The lowest BCUT2D eigenvalue weighted by molar-refractivity contribution is -0.384. The number of nitro benzene ring substituents is 1. The van der Waals surface area contributed by atoms with Crippen LogP contribution in [0, 0.1) is 10.1 Å². The van der Waals surface area contributed by atoms with Gasteiger partial charge in [-0.1, -0.05) is 18.2 Å². The van der Waals surface area contributed by atoms with Crippen molar-refractivity contribution in [2.75, 3.05) is 11.4 Å². The van der Waals surface area contributed by atoms with Crippen molar-refractivity contribution in [3.63, 3.8) is 0 Å². The molecular weight excluding hydrogens is 320 g/mol. The minimum atomic E-state index is -0.438. The first-order chi connectivity index (χ1) is 12.1. The molecule has 0 bridgehead atoms. The van der Waals surface area contributed by atoms with Crippen molar-refractivity contribution in [3.8, 4) is 0 Å². The van der Waals surface area contributed by atoms with Crippen LogP contribution in [0.4, 0.5) is 11.4 Å². The molecule has 0 spiro atoms. The summed E-state index contributed by atoms with van der Waals surface area (Å²) < 4.78 is 1.60. The number of fused-ring (bicyclic) bond motifs is 2. The third kappa shape index (κ3) is 2.73. The number of aryl methyl sites for hydroxylation is 1. The molecule has 7 heteroatoms. The average molecular weight is 336 g/mol. The van der Waals surface area contributed by atoms with Gasteiger partial charge in [-0.05, 0) is 30.5 Å². The number of carbonyl (C=O) groups excluding carboxylic acids is 1. The molecule has 25 heavy (non-hydrogen) atoms. The van der Waals surface area contributed by atoms with Gasteiger partial charge in [-0.2, -0.15) is 5.10 Å². The van der Waals surface area contributed by atoms with E-state index < -0.39 is 4.92 Å². The van der Waals surface area contributed by atoms with Gasteiger partial charge in [0.15, 0.2) is 0 Å². The molecule has 0 aliphatic carbocycles. The van der Waals surface area contributed by atoms with Gasteiger partial charge in [-0.15, -0.1) is 0 Å². The number of nitrogens with zero attached hydrogens (tertiary/aromatic N) is 4. The Hall–Kier alpha value is -3.22. The van der Waals surface area contributed by atoms with E-state index in [0.29, 0.717) is 17.4 Å². The number of anilines is 1. The van der Waals surface area contributed by atoms with E-state index in [4.69, 9.17) is 0 Å². The second-order valence-corrected chi connectivity index (χ2v) is 6.08. The van der Waals surface area contributed by atoms with E-state index in [0.717, 1.165) is 18.5 Å². The van der Waals surface area contributed by atoms with Gasteiger partial charge in [0.05, 0.1) is 16.6 Å². The van der Waals surface area contributed by atoms with Crippen molar-refractivity contribution in [2.45, 2.75) is 19.4 Å². The molecule has 1 aliphatic rings. The normalized spacial score (nSPS) is 13.7. The van der Waals surface area contributed by atoms with E-state index in [1.54, 1.807) is 21.8 Å². The molecule has 7 nitrogen and oxygen atoms in total. The molecule has 1 aliphatic heterocycles. The van der Waals surface area contributed by atoms with Crippen LogP contribution in [0.3, 0.4) is 0 Å². The minimum Gasteiger partial charge on any atom is -0.311 e. The van der Waals surface area contributed by atoms with Crippen molar-refractivity contribution < 1.29 is 9.72 Å². The maximum atomic E-state index is 12.8. The average Bonchev–Trinajstić information content (AvgIpc) is 3.03. The Morgan fingerprint density at radius 1 is 1.24 bits per heavy atom. The summed E-state index contributed by atoms with van der Waals surface area (Å²) in [4.78, 5) is 25.0. The van der Waals surface area contributed by atoms with E-state index in [1.165, 1.54) is 17.7 Å². The van der Waals surface area contributed by atoms with E-state index >= 15 is 0 Å². The smallest absolute Gasteiger partial charge is 0.270 e. The number of non-ortho nitro benzene ring substituents is 1. The Bertz CT molecular complexity index is 979. The summed E-state index contributed by atoms with van der Waals surface area (Å²) in [5.41, 5.74) is 2.88. The molecule has 2 aromatic carbocycles. The fraction of sp³-hybridized carbons (Fsp3) is 0.222. The minimum absolute atomic E-state index is 0.0170. The summed E-state index contributed by atoms with van der Waals surface area (Å²) in [5.74, 6) is -0.0319. The molecule has 0 saturated heterocycles. The van der Waals surface area contributed by atoms with Crippen LogP contribution in [0.15, 0.2) is 48.7 Å². The van der Waals surface area contributed by atoms with Crippen LogP contribution in [0.25, 0.3) is 10.9 Å². The molecule has 0 saturated carbocycles. The first-order valence-corrected chi connectivity index (χ1v) is 8.12. The van der Waals surface area contributed by atoms with Crippen molar-refractivity contribution >= 4 is 28.2 Å². The Labute approximate surface area is 143 Å². The van der Waals surface area contributed by atoms with Gasteiger partial charge in [-0.3, -0.25) is 19.6 Å². The molecule has 3 aromatic rings. The molecule has 0 atom stereocenters. The van der Waals surface area contributed by atoms with Crippen LogP contribution < -0.4 is 4.90 Å². The highest BCUT2D eigenvalue weighted by atomic mass is 16.6. The number of amides is 1. The molecular formula is C18H16N4O3. The summed E-state index contributed by atoms with van der Waals surface area (Å²) in [6, 6.07) is 12.5. The monoisotopic (exact) mass is 336 g/mol. The zero-order valence-corrected chi connectivity index (χ0v) is 13.5. The summed E-state index contributed by atoms with van der Waals surface area (Å²) in [6.07, 6.45) is 3.48. The Morgan fingerprint density at radius 2 is 2.08 bits per heavy atom. The Morgan fingerprint density at radius 3 is 2.92 bits per heavy atom. The first kappa shape index (κ1) is 15.3. The van der Waals surface area contributed by atoms with Crippen molar-refractivity contribution in [1.82, 2.24) is 9.78 Å². The number of hydrogen-bond acceptors (Lipinski definition) is 4. The maximum absolute atomic E-state index is 12.8. The van der Waals surface area contributed by atoms with Crippen molar-refractivity contribution in [3.05, 3.63) is 64.3 Å². The topological polar surface area (TPSA) is 81.3 Å². The van der Waals surface area contributed by atoms with E-state index in [2.05, 4.69) is 11.2 Å². The Kier molecular flexibility index (Phi) is 3.68. The van der Waals surface area contributed by atoms with Gasteiger partial charge < -0.3 is 4.90 Å². The highest BCUT2D eigenvalue weighted by molar-refractivity contribution is 5.95. The van der Waals surface area contributed by atoms with Crippen molar-refractivity contribution in [2.24, 2.45) is 0 Å². The standard InChI is InChI=1S/C18H16N4O3/c23-18(20-9-3-5-13-4-1-2-6-16(13)20)12-21-17-8-7-15(22(24)25)10-14(17)11-19-21/h1-2,4,6-8,10-11H,3,5,9,12H2. The first-order valence-electron chi connectivity index (χ1n) is 8.12. The molecule has 1 amide bonds. The molecule has 1 aromatic heterocycles. The number of rotatable bonds is 3. The van der Waals surface area contributed by atoms with Gasteiger partial charge in [-0.25, -0.2) is 0 Å². The largest absolute Gasteiger partial charge is 0.311 e. The molecule has 0 fully saturated rings. The lowest BCUT2D eigenvalue weighted by atomic mass is 10.0. The molecule has 2 heterocycles. The van der Waals surface area contributed by atoms with Crippen LogP contribution in [-0.2, 0) is 17.8 Å². The van der Waals surface area contributed by atoms with Crippen LogP contribution in [0.1, 0.15) is 12.0 Å². The quantitative estimate of drug-likeness (QED) is 0.544. The van der Waals surface area contributed by atoms with Crippen LogP contribution in [0.5, 0.6) is 0 Å². The van der Waals surface area contributed by atoms with Crippen molar-refractivity contribution in [1.29, 1.82) is 0 Å². The zero-order valence-electron chi connectivity index (χ0n) is 13.5. The number of aromatic nitrogens is 2. The van der Waals surface area contributed by atoms with Gasteiger partial charge >= 0.3 is 0 Å². The third-order valence-electron chi connectivity index (χ3n) is 4.53. The summed E-state index contributed by atoms with van der Waals surface area (Å²) >= 11 is 0. The number of para-hydroxylation sites is 1. The predicted molar refractivity (Wildman–Crippen MR) is 93.5 cm³/mol. The fourth-order valence-corrected chi connectivity index (χ4v) is 3.32. The summed E-state index contributed by atoms with van der Waals surface area (Å²) in [7, 11) is 0. The third-order valence-corrected chi connectivity index (χ3v) is 4.53. The van der Waals surface area contributed by atoms with E-state index in [-0.39, 0.29) is 18.1 Å². The second-order valence-electron chi connectivity index (χ2n) is 6.08. The highest BCUT2D eigenvalue weighted by Crippen LogP contribution is 2.27. The van der Waals surface area contributed by atoms with Crippen LogP contribution in [0.2, 0.25) is 0 Å². The van der Waals surface area contributed by atoms with Crippen LogP contribution >= 0.6 is 0 Å². The van der Waals surface area contributed by atoms with E-state index in [1.807, 2.05) is 18.2 Å². The maximum Gasteiger partial charge on any atom is 0.270 e. The van der Waals surface area contributed by atoms with Gasteiger partial charge in [0.25, 0.3) is 5.69 Å². The molecule has 126 valence electrons. The summed E-state index contributed by atoms with van der Waals surface area (Å²) in [6.45, 7) is 0.802. The zero-order chi connectivity index (χ0) is 17.4. The number of hydrogen-bond donors (Lipinski definition) is 0. The van der Waals surface area contributed by atoms with E-state index in [9.17, 15) is 14.9 Å². The summed E-state index contributed by atoms with van der Waals surface area (Å²) in [5, 5.41) is 15.8. The highest BCUT2D eigenvalue weighted by Gasteiger charge is 2.23. The molecule has 0 N–H and O–H groups in total. The molecule has 4 rings (SSSR count). The SMILES string of the molecule is O=C(Cn1ncc2cc([N+](=O)[O-])ccc21)N1CCCc2ccccc21. The lowest BCUT2D eigenvalue weighted by Gasteiger charge is -2.29. The van der Waals surface area contributed by atoms with Gasteiger partial charge in [0.1, 0.15) is 6.54 Å². The predicted octanol–water partition coefficient (Wildman–Crippen LogP) is 2.92. The lowest BCUT2D eigenvalue weighted by Crippen LogP contribution is -2.37. The molecule has 0 unspecified atom stereocenters. The second kappa shape index (κ2) is 6.01.